The standard InChI is InChI=1S/C21H19N3O5/c1-26-15-7-4-13(5-8-15)19-22-20(29-23-19)16-3-2-10-24(16)21(25)14-6-9-17-18(11-14)28-12-27-17/h4-9,11,16H,2-3,10,12H2,1H3/t16-/m1/s1. The summed E-state index contributed by atoms with van der Waals surface area (Å²) in [6.07, 6.45) is 1.65. The van der Waals surface area contributed by atoms with Crippen LogP contribution in [0.3, 0.4) is 0 Å². The summed E-state index contributed by atoms with van der Waals surface area (Å²) in [5.74, 6) is 2.85. The second-order valence-electron chi connectivity index (χ2n) is 6.91. The van der Waals surface area contributed by atoms with Gasteiger partial charge in [-0.3, -0.25) is 4.79 Å². The number of likely N-dealkylation sites (tertiary alicyclic amines) is 1. The monoisotopic (exact) mass is 393 g/mol. The maximum atomic E-state index is 13.1. The molecule has 29 heavy (non-hydrogen) atoms. The molecular formula is C21H19N3O5. The number of benzene rings is 2. The molecule has 0 saturated carbocycles. The molecule has 148 valence electrons. The minimum absolute atomic E-state index is 0.0880. The highest BCUT2D eigenvalue weighted by molar-refractivity contribution is 5.95. The van der Waals surface area contributed by atoms with E-state index in [0.717, 1.165) is 24.2 Å². The van der Waals surface area contributed by atoms with Crippen molar-refractivity contribution in [1.82, 2.24) is 15.0 Å². The topological polar surface area (TPSA) is 86.9 Å². The number of aromatic nitrogens is 2. The minimum Gasteiger partial charge on any atom is -0.497 e. The Bertz CT molecular complexity index is 1050. The van der Waals surface area contributed by atoms with Crippen molar-refractivity contribution in [1.29, 1.82) is 0 Å². The number of amides is 1. The van der Waals surface area contributed by atoms with Crippen LogP contribution in [0.2, 0.25) is 0 Å². The van der Waals surface area contributed by atoms with Crippen LogP contribution in [0.5, 0.6) is 17.2 Å². The van der Waals surface area contributed by atoms with E-state index in [1.165, 1.54) is 0 Å². The van der Waals surface area contributed by atoms with Gasteiger partial charge < -0.3 is 23.6 Å². The van der Waals surface area contributed by atoms with Gasteiger partial charge in [-0.25, -0.2) is 0 Å². The highest BCUT2D eigenvalue weighted by Crippen LogP contribution is 2.36. The Labute approximate surface area is 167 Å². The van der Waals surface area contributed by atoms with Gasteiger partial charge in [-0.2, -0.15) is 4.98 Å². The molecule has 0 radical (unpaired) electrons. The Morgan fingerprint density at radius 3 is 2.79 bits per heavy atom. The number of rotatable bonds is 4. The summed E-state index contributed by atoms with van der Waals surface area (Å²) in [6.45, 7) is 0.813. The maximum absolute atomic E-state index is 13.1. The lowest BCUT2D eigenvalue weighted by molar-refractivity contribution is 0.0709. The normalized spacial score (nSPS) is 17.6. The van der Waals surface area contributed by atoms with Crippen LogP contribution in [0.25, 0.3) is 11.4 Å². The summed E-state index contributed by atoms with van der Waals surface area (Å²) in [4.78, 5) is 19.4. The van der Waals surface area contributed by atoms with Crippen molar-refractivity contribution in [3.63, 3.8) is 0 Å². The van der Waals surface area contributed by atoms with E-state index >= 15 is 0 Å². The fraction of sp³-hybridized carbons (Fsp3) is 0.286. The molecule has 0 bridgehead atoms. The molecule has 8 nitrogen and oxygen atoms in total. The van der Waals surface area contributed by atoms with Gasteiger partial charge in [-0.05, 0) is 55.3 Å². The largest absolute Gasteiger partial charge is 0.497 e. The number of nitrogens with zero attached hydrogens (tertiary/aromatic N) is 3. The van der Waals surface area contributed by atoms with Gasteiger partial charge in [-0.15, -0.1) is 0 Å². The molecule has 0 spiro atoms. The van der Waals surface area contributed by atoms with E-state index in [2.05, 4.69) is 10.1 Å². The number of hydrogen-bond donors (Lipinski definition) is 0. The highest BCUT2D eigenvalue weighted by Gasteiger charge is 2.35. The predicted octanol–water partition coefficient (Wildman–Crippen LogP) is 3.45. The lowest BCUT2D eigenvalue weighted by atomic mass is 10.1. The third kappa shape index (κ3) is 3.16. The molecule has 0 aliphatic carbocycles. The predicted molar refractivity (Wildman–Crippen MR) is 102 cm³/mol. The number of methoxy groups -OCH3 is 1. The molecule has 2 aliphatic heterocycles. The summed E-state index contributed by atoms with van der Waals surface area (Å²) in [7, 11) is 1.62. The zero-order valence-electron chi connectivity index (χ0n) is 15.8. The zero-order chi connectivity index (χ0) is 19.8. The first kappa shape index (κ1) is 17.5. The summed E-state index contributed by atoms with van der Waals surface area (Å²) in [5.41, 5.74) is 1.38. The van der Waals surface area contributed by atoms with Crippen LogP contribution in [0.4, 0.5) is 0 Å². The summed E-state index contributed by atoms with van der Waals surface area (Å²) in [5, 5.41) is 4.10. The molecule has 8 heteroatoms. The van der Waals surface area contributed by atoms with Crippen molar-refractivity contribution in [2.45, 2.75) is 18.9 Å². The molecular weight excluding hydrogens is 374 g/mol. The lowest BCUT2D eigenvalue weighted by Crippen LogP contribution is -2.30. The average molecular weight is 393 g/mol. The van der Waals surface area contributed by atoms with E-state index in [4.69, 9.17) is 18.7 Å². The van der Waals surface area contributed by atoms with Crippen molar-refractivity contribution >= 4 is 5.91 Å². The number of carbonyl (C=O) groups is 1. The smallest absolute Gasteiger partial charge is 0.254 e. The molecule has 3 aromatic rings. The van der Waals surface area contributed by atoms with E-state index in [1.807, 2.05) is 24.3 Å². The van der Waals surface area contributed by atoms with E-state index in [9.17, 15) is 4.79 Å². The van der Waals surface area contributed by atoms with Crippen molar-refractivity contribution in [3.05, 3.63) is 53.9 Å². The second kappa shape index (κ2) is 7.12. The van der Waals surface area contributed by atoms with Gasteiger partial charge in [0.2, 0.25) is 18.5 Å². The molecule has 1 aromatic heterocycles. The van der Waals surface area contributed by atoms with E-state index in [0.29, 0.717) is 35.3 Å². The van der Waals surface area contributed by atoms with Crippen LogP contribution in [-0.2, 0) is 0 Å². The fourth-order valence-electron chi connectivity index (χ4n) is 3.69. The van der Waals surface area contributed by atoms with Gasteiger partial charge in [0.15, 0.2) is 11.5 Å². The van der Waals surface area contributed by atoms with Gasteiger partial charge in [0.1, 0.15) is 11.8 Å². The Balaban J connectivity index is 1.38. The molecule has 3 heterocycles. The van der Waals surface area contributed by atoms with Crippen LogP contribution in [0.15, 0.2) is 47.0 Å². The quantitative estimate of drug-likeness (QED) is 0.671. The number of fused-ring (bicyclic) bond motifs is 1. The van der Waals surface area contributed by atoms with Gasteiger partial charge in [0, 0.05) is 17.7 Å². The van der Waals surface area contributed by atoms with E-state index in [-0.39, 0.29) is 18.7 Å². The molecule has 5 rings (SSSR count). The molecule has 2 aliphatic rings. The first-order valence-electron chi connectivity index (χ1n) is 9.41. The molecule has 0 N–H and O–H groups in total. The van der Waals surface area contributed by atoms with Crippen LogP contribution in [0, 0.1) is 0 Å². The van der Waals surface area contributed by atoms with Crippen LogP contribution in [0.1, 0.15) is 35.1 Å². The summed E-state index contributed by atoms with van der Waals surface area (Å²) >= 11 is 0. The first-order valence-corrected chi connectivity index (χ1v) is 9.41. The third-order valence-electron chi connectivity index (χ3n) is 5.21. The highest BCUT2D eigenvalue weighted by atomic mass is 16.7. The zero-order valence-corrected chi connectivity index (χ0v) is 15.8. The van der Waals surface area contributed by atoms with Crippen molar-refractivity contribution < 1.29 is 23.5 Å². The lowest BCUT2D eigenvalue weighted by Gasteiger charge is -2.22. The molecule has 2 aromatic carbocycles. The van der Waals surface area contributed by atoms with Crippen molar-refractivity contribution in [3.8, 4) is 28.6 Å². The SMILES string of the molecule is COc1ccc(-c2noc([C@H]3CCCN3C(=O)c3ccc4c(c3)OCO4)n2)cc1. The molecule has 1 fully saturated rings. The molecule has 1 amide bonds. The van der Waals surface area contributed by atoms with E-state index in [1.54, 1.807) is 30.2 Å². The van der Waals surface area contributed by atoms with Crippen LogP contribution >= 0.6 is 0 Å². The molecule has 1 saturated heterocycles. The van der Waals surface area contributed by atoms with Gasteiger partial charge >= 0.3 is 0 Å². The molecule has 0 unspecified atom stereocenters. The van der Waals surface area contributed by atoms with Gasteiger partial charge in [-0.1, -0.05) is 5.16 Å². The van der Waals surface area contributed by atoms with Crippen LogP contribution in [-0.4, -0.2) is 41.4 Å². The number of hydrogen-bond acceptors (Lipinski definition) is 7. The summed E-state index contributed by atoms with van der Waals surface area (Å²) in [6, 6.07) is 12.4. The van der Waals surface area contributed by atoms with Crippen molar-refractivity contribution in [2.24, 2.45) is 0 Å². The van der Waals surface area contributed by atoms with E-state index < -0.39 is 0 Å². The maximum Gasteiger partial charge on any atom is 0.254 e. The van der Waals surface area contributed by atoms with Gasteiger partial charge in [0.05, 0.1) is 7.11 Å². The Morgan fingerprint density at radius 1 is 1.14 bits per heavy atom. The minimum atomic E-state index is -0.243. The molecule has 1 atom stereocenters. The Kier molecular flexibility index (Phi) is 4.31. The first-order chi connectivity index (χ1) is 14.2. The van der Waals surface area contributed by atoms with Crippen molar-refractivity contribution in [2.75, 3.05) is 20.4 Å². The number of ether oxygens (including phenoxy) is 3. The summed E-state index contributed by atoms with van der Waals surface area (Å²) < 4.78 is 21.4. The van der Waals surface area contributed by atoms with Gasteiger partial charge in [0.25, 0.3) is 5.91 Å². The average Bonchev–Trinajstić information content (AvgIpc) is 3.52. The second-order valence-corrected chi connectivity index (χ2v) is 6.91. The third-order valence-corrected chi connectivity index (χ3v) is 5.21. The number of carbonyl (C=O) groups excluding carboxylic acids is 1. The Hall–Kier alpha value is -3.55. The fourth-order valence-corrected chi connectivity index (χ4v) is 3.69. The van der Waals surface area contributed by atoms with Crippen LogP contribution < -0.4 is 14.2 Å². The Morgan fingerprint density at radius 2 is 1.97 bits per heavy atom.